The fraction of sp³-hybridized carbons (Fsp3) is 0.259. The Labute approximate surface area is 206 Å². The van der Waals surface area contributed by atoms with Crippen LogP contribution in [0.2, 0.25) is 0 Å². The van der Waals surface area contributed by atoms with E-state index in [9.17, 15) is 18.0 Å². The lowest BCUT2D eigenvalue weighted by atomic mass is 10.1. The molecule has 0 bridgehead atoms. The van der Waals surface area contributed by atoms with Crippen LogP contribution in [0.25, 0.3) is 0 Å². The van der Waals surface area contributed by atoms with Gasteiger partial charge in [0.15, 0.2) is 0 Å². The van der Waals surface area contributed by atoms with Crippen molar-refractivity contribution in [1.29, 1.82) is 0 Å². The second kappa shape index (κ2) is 10.7. The number of anilines is 2. The first-order valence-electron chi connectivity index (χ1n) is 11.3. The number of benzene rings is 3. The molecule has 7 nitrogen and oxygen atoms in total. The number of nitrogens with zero attached hydrogens (tertiary/aromatic N) is 1. The molecule has 0 aliphatic rings. The van der Waals surface area contributed by atoms with Gasteiger partial charge in [0.1, 0.15) is 6.54 Å². The van der Waals surface area contributed by atoms with Crippen molar-refractivity contribution in [3.05, 3.63) is 88.5 Å². The van der Waals surface area contributed by atoms with E-state index in [4.69, 9.17) is 4.74 Å². The zero-order valence-corrected chi connectivity index (χ0v) is 21.4. The van der Waals surface area contributed by atoms with Gasteiger partial charge in [-0.25, -0.2) is 13.2 Å². The van der Waals surface area contributed by atoms with Crippen LogP contribution in [-0.2, 0) is 19.6 Å². The number of aryl methyl sites for hydroxylation is 3. The van der Waals surface area contributed by atoms with Crippen molar-refractivity contribution in [1.82, 2.24) is 0 Å². The van der Waals surface area contributed by atoms with E-state index in [-0.39, 0.29) is 11.5 Å². The lowest BCUT2D eigenvalue weighted by Crippen LogP contribution is -2.38. The summed E-state index contributed by atoms with van der Waals surface area (Å²) in [4.78, 5) is 25.5. The van der Waals surface area contributed by atoms with Crippen molar-refractivity contribution in [3.63, 3.8) is 0 Å². The summed E-state index contributed by atoms with van der Waals surface area (Å²) in [6.07, 6.45) is 0. The molecule has 0 radical (unpaired) electrons. The van der Waals surface area contributed by atoms with E-state index in [1.165, 1.54) is 12.1 Å². The highest BCUT2D eigenvalue weighted by Crippen LogP contribution is 2.28. The van der Waals surface area contributed by atoms with E-state index in [2.05, 4.69) is 5.32 Å². The minimum Gasteiger partial charge on any atom is -0.462 e. The predicted molar refractivity (Wildman–Crippen MR) is 137 cm³/mol. The number of ether oxygens (including phenoxy) is 1. The van der Waals surface area contributed by atoms with E-state index in [1.807, 2.05) is 26.0 Å². The van der Waals surface area contributed by atoms with Crippen LogP contribution in [-0.4, -0.2) is 33.4 Å². The molecule has 3 rings (SSSR count). The van der Waals surface area contributed by atoms with Crippen LogP contribution >= 0.6 is 0 Å². The number of carbonyl (C=O) groups excluding carboxylic acids is 2. The Morgan fingerprint density at radius 2 is 1.57 bits per heavy atom. The normalized spacial score (nSPS) is 11.1. The van der Waals surface area contributed by atoms with E-state index < -0.39 is 28.4 Å². The first-order chi connectivity index (χ1) is 16.5. The smallest absolute Gasteiger partial charge is 0.338 e. The van der Waals surface area contributed by atoms with Crippen LogP contribution in [0.1, 0.15) is 39.5 Å². The SMILES string of the molecule is CCOC(=O)c1cccc(NC(=O)CN(c2cc(C)ccc2C)S(=O)(=O)c2ccc(C)cc2)c1C. The Balaban J connectivity index is 1.98. The third-order valence-electron chi connectivity index (χ3n) is 5.63. The van der Waals surface area contributed by atoms with Crippen LogP contribution in [0.5, 0.6) is 0 Å². The molecular weight excluding hydrogens is 464 g/mol. The molecular formula is C27H30N2O5S. The molecule has 184 valence electrons. The molecule has 0 unspecified atom stereocenters. The molecule has 0 spiro atoms. The van der Waals surface area contributed by atoms with Gasteiger partial charge in [-0.1, -0.05) is 35.9 Å². The highest BCUT2D eigenvalue weighted by atomic mass is 32.2. The number of carbonyl (C=O) groups is 2. The summed E-state index contributed by atoms with van der Waals surface area (Å²) in [5, 5.41) is 2.76. The molecule has 0 atom stereocenters. The zero-order valence-electron chi connectivity index (χ0n) is 20.6. The zero-order chi connectivity index (χ0) is 25.8. The molecule has 0 saturated heterocycles. The molecule has 3 aromatic carbocycles. The lowest BCUT2D eigenvalue weighted by molar-refractivity contribution is -0.114. The molecule has 0 aliphatic carbocycles. The number of esters is 1. The highest BCUT2D eigenvalue weighted by molar-refractivity contribution is 7.92. The molecule has 0 aliphatic heterocycles. The first-order valence-corrected chi connectivity index (χ1v) is 12.7. The summed E-state index contributed by atoms with van der Waals surface area (Å²) in [5.74, 6) is -1.02. The predicted octanol–water partition coefficient (Wildman–Crippen LogP) is 4.93. The third-order valence-corrected chi connectivity index (χ3v) is 7.41. The van der Waals surface area contributed by atoms with Gasteiger partial charge in [-0.05, 0) is 81.6 Å². The molecule has 0 aromatic heterocycles. The quantitative estimate of drug-likeness (QED) is 0.448. The number of sulfonamides is 1. The Hall–Kier alpha value is -3.65. The second-order valence-electron chi connectivity index (χ2n) is 8.36. The summed E-state index contributed by atoms with van der Waals surface area (Å²) in [7, 11) is -4.04. The van der Waals surface area contributed by atoms with E-state index in [1.54, 1.807) is 57.2 Å². The van der Waals surface area contributed by atoms with Gasteiger partial charge in [0.25, 0.3) is 10.0 Å². The van der Waals surface area contributed by atoms with Gasteiger partial charge in [-0.15, -0.1) is 0 Å². The average Bonchev–Trinajstić information content (AvgIpc) is 2.81. The molecule has 3 aromatic rings. The maximum absolute atomic E-state index is 13.7. The summed E-state index contributed by atoms with van der Waals surface area (Å²) >= 11 is 0. The number of hydrogen-bond acceptors (Lipinski definition) is 5. The van der Waals surface area contributed by atoms with Crippen LogP contribution in [0.3, 0.4) is 0 Å². The van der Waals surface area contributed by atoms with Gasteiger partial charge in [0, 0.05) is 5.69 Å². The summed E-state index contributed by atoms with van der Waals surface area (Å²) in [6.45, 7) is 8.75. The van der Waals surface area contributed by atoms with Crippen LogP contribution < -0.4 is 9.62 Å². The van der Waals surface area contributed by atoms with E-state index >= 15 is 0 Å². The maximum Gasteiger partial charge on any atom is 0.338 e. The van der Waals surface area contributed by atoms with Crippen molar-refractivity contribution in [2.45, 2.75) is 39.5 Å². The fourth-order valence-electron chi connectivity index (χ4n) is 3.65. The van der Waals surface area contributed by atoms with Crippen molar-refractivity contribution < 1.29 is 22.7 Å². The van der Waals surface area contributed by atoms with Gasteiger partial charge >= 0.3 is 5.97 Å². The monoisotopic (exact) mass is 494 g/mol. The molecule has 1 amide bonds. The van der Waals surface area contributed by atoms with Crippen molar-refractivity contribution in [3.8, 4) is 0 Å². The second-order valence-corrected chi connectivity index (χ2v) is 10.2. The molecule has 0 fully saturated rings. The summed E-state index contributed by atoms with van der Waals surface area (Å²) in [5.41, 5.74) is 4.24. The largest absolute Gasteiger partial charge is 0.462 e. The number of hydrogen-bond donors (Lipinski definition) is 1. The molecule has 0 heterocycles. The van der Waals surface area contributed by atoms with Crippen molar-refractivity contribution in [2.24, 2.45) is 0 Å². The standard InChI is InChI=1S/C27H30N2O5S/c1-6-34-27(31)23-8-7-9-24(21(23)5)28-26(30)17-29(25-16-19(3)10-13-20(25)4)35(32,33)22-14-11-18(2)12-15-22/h7-16H,6,17H2,1-5H3,(H,28,30). The Morgan fingerprint density at radius 3 is 2.23 bits per heavy atom. The highest BCUT2D eigenvalue weighted by Gasteiger charge is 2.28. The number of rotatable bonds is 8. The summed E-state index contributed by atoms with van der Waals surface area (Å²) < 4.78 is 33.5. The topological polar surface area (TPSA) is 92.8 Å². The average molecular weight is 495 g/mol. The number of nitrogens with one attached hydrogen (secondary N) is 1. The van der Waals surface area contributed by atoms with E-state index in [0.29, 0.717) is 22.5 Å². The lowest BCUT2D eigenvalue weighted by Gasteiger charge is -2.26. The van der Waals surface area contributed by atoms with Crippen molar-refractivity contribution in [2.75, 3.05) is 22.8 Å². The third kappa shape index (κ3) is 5.89. The first kappa shape index (κ1) is 26.0. The van der Waals surface area contributed by atoms with Gasteiger partial charge < -0.3 is 10.1 Å². The minimum atomic E-state index is -4.04. The minimum absolute atomic E-state index is 0.0947. The Morgan fingerprint density at radius 1 is 0.914 bits per heavy atom. The van der Waals surface area contributed by atoms with Gasteiger partial charge in [0.2, 0.25) is 5.91 Å². The van der Waals surface area contributed by atoms with Crippen LogP contribution in [0.4, 0.5) is 11.4 Å². The Kier molecular flexibility index (Phi) is 7.96. The van der Waals surface area contributed by atoms with Crippen LogP contribution in [0, 0.1) is 27.7 Å². The maximum atomic E-state index is 13.7. The molecule has 0 saturated carbocycles. The fourth-order valence-corrected chi connectivity index (χ4v) is 5.12. The summed E-state index contributed by atoms with van der Waals surface area (Å²) in [6, 6.07) is 16.9. The van der Waals surface area contributed by atoms with Crippen molar-refractivity contribution >= 4 is 33.3 Å². The van der Waals surface area contributed by atoms with Crippen LogP contribution in [0.15, 0.2) is 65.6 Å². The molecule has 8 heteroatoms. The molecule has 35 heavy (non-hydrogen) atoms. The van der Waals surface area contributed by atoms with Gasteiger partial charge in [0.05, 0.1) is 22.8 Å². The van der Waals surface area contributed by atoms with Gasteiger partial charge in [-0.2, -0.15) is 0 Å². The van der Waals surface area contributed by atoms with E-state index in [0.717, 1.165) is 21.0 Å². The number of amides is 1. The Bertz CT molecular complexity index is 1350. The van der Waals surface area contributed by atoms with Gasteiger partial charge in [-0.3, -0.25) is 9.10 Å². The molecule has 1 N–H and O–H groups in total.